The number of nitrogens with one attached hydrogen (secondary N) is 1. The van der Waals surface area contributed by atoms with E-state index < -0.39 is 0 Å². The van der Waals surface area contributed by atoms with Crippen LogP contribution < -0.4 is 11.1 Å². The van der Waals surface area contributed by atoms with Crippen LogP contribution >= 0.6 is 15.9 Å². The molecule has 2 rings (SSSR count). The molecule has 0 aliphatic heterocycles. The molecule has 0 atom stereocenters. The van der Waals surface area contributed by atoms with Crippen molar-refractivity contribution in [2.75, 3.05) is 26.0 Å². The van der Waals surface area contributed by atoms with Crippen LogP contribution in [0.4, 0.5) is 5.82 Å². The normalized spacial score (nSPS) is 10.9. The van der Waals surface area contributed by atoms with Crippen LogP contribution in [0.3, 0.4) is 0 Å². The summed E-state index contributed by atoms with van der Waals surface area (Å²) >= 11 is 3.32. The molecule has 0 radical (unpaired) electrons. The molecule has 0 aliphatic rings. The van der Waals surface area contributed by atoms with Gasteiger partial charge in [0.05, 0.1) is 6.20 Å². The molecule has 2 aromatic rings. The Labute approximate surface area is 124 Å². The molecule has 0 saturated heterocycles. The van der Waals surface area contributed by atoms with Gasteiger partial charge in [0, 0.05) is 20.3 Å². The molecule has 0 aromatic carbocycles. The topological polar surface area (TPSA) is 94.5 Å². The summed E-state index contributed by atoms with van der Waals surface area (Å²) in [6.45, 7) is 2.94. The van der Waals surface area contributed by atoms with Crippen molar-refractivity contribution in [1.82, 2.24) is 19.7 Å². The van der Waals surface area contributed by atoms with Crippen molar-refractivity contribution in [3.63, 3.8) is 0 Å². The molecule has 0 aliphatic carbocycles. The van der Waals surface area contributed by atoms with Gasteiger partial charge in [-0.1, -0.05) is 0 Å². The minimum atomic E-state index is -0.216. The number of imidazole rings is 1. The molecular formula is C12H16BrN5O2. The Hall–Kier alpha value is -1.67. The molecule has 3 N–H and O–H groups in total. The number of carbonyl (C=O) groups excluding carboxylic acids is 1. The van der Waals surface area contributed by atoms with E-state index in [4.69, 9.17) is 10.5 Å². The second-order valence-electron chi connectivity index (χ2n) is 4.26. The molecule has 1 amide bonds. The molecule has 0 fully saturated rings. The van der Waals surface area contributed by atoms with Gasteiger partial charge >= 0.3 is 0 Å². The average Bonchev–Trinajstić information content (AvgIpc) is 2.71. The number of hydrogen-bond acceptors (Lipinski definition) is 5. The summed E-state index contributed by atoms with van der Waals surface area (Å²) in [4.78, 5) is 20.5. The van der Waals surface area contributed by atoms with Gasteiger partial charge in [0.2, 0.25) is 0 Å². The van der Waals surface area contributed by atoms with E-state index in [1.807, 2.05) is 0 Å². The van der Waals surface area contributed by atoms with Gasteiger partial charge in [-0.05, 0) is 29.3 Å². The number of hydrogen-bond donors (Lipinski definition) is 2. The number of nitrogen functional groups attached to an aromatic ring is 1. The van der Waals surface area contributed by atoms with Gasteiger partial charge < -0.3 is 15.8 Å². The van der Waals surface area contributed by atoms with Crippen LogP contribution in [0.15, 0.2) is 10.8 Å². The average molecular weight is 342 g/mol. The minimum Gasteiger partial charge on any atom is -0.385 e. The summed E-state index contributed by atoms with van der Waals surface area (Å²) in [5.41, 5.74) is 6.84. The van der Waals surface area contributed by atoms with Crippen LogP contribution in [0.1, 0.15) is 22.7 Å². The van der Waals surface area contributed by atoms with E-state index in [1.165, 1.54) is 6.20 Å². The van der Waals surface area contributed by atoms with Crippen LogP contribution in [-0.4, -0.2) is 40.5 Å². The maximum absolute atomic E-state index is 12.2. The number of halogens is 1. The lowest BCUT2D eigenvalue weighted by atomic mass is 10.3. The molecule has 7 nitrogen and oxygen atoms in total. The maximum Gasteiger partial charge on any atom is 0.269 e. The number of nitrogens with two attached hydrogens (primary N) is 1. The fraction of sp³-hybridized carbons (Fsp3) is 0.417. The highest BCUT2D eigenvalue weighted by Gasteiger charge is 2.17. The Morgan fingerprint density at radius 3 is 3.05 bits per heavy atom. The van der Waals surface area contributed by atoms with Gasteiger partial charge in [0.1, 0.15) is 21.6 Å². The summed E-state index contributed by atoms with van der Waals surface area (Å²) < 4.78 is 7.21. The van der Waals surface area contributed by atoms with Gasteiger partial charge in [0.25, 0.3) is 5.91 Å². The van der Waals surface area contributed by atoms with E-state index in [1.54, 1.807) is 18.4 Å². The lowest BCUT2D eigenvalue weighted by Gasteiger charge is -2.09. The van der Waals surface area contributed by atoms with Crippen molar-refractivity contribution in [3.05, 3.63) is 22.3 Å². The van der Waals surface area contributed by atoms with Crippen LogP contribution in [0, 0.1) is 6.92 Å². The van der Waals surface area contributed by atoms with E-state index >= 15 is 0 Å². The van der Waals surface area contributed by atoms with Crippen molar-refractivity contribution in [1.29, 1.82) is 0 Å². The number of amides is 1. The number of carbonyl (C=O) groups is 1. The number of anilines is 1. The number of rotatable bonds is 5. The van der Waals surface area contributed by atoms with E-state index in [-0.39, 0.29) is 5.91 Å². The van der Waals surface area contributed by atoms with Gasteiger partial charge in [-0.2, -0.15) is 0 Å². The Bertz CT molecular complexity index is 640. The fourth-order valence-electron chi connectivity index (χ4n) is 1.93. The molecule has 0 saturated carbocycles. The SMILES string of the molecule is COCCCNC(=O)c1cnc(N)c2c(Br)nc(C)n12. The summed E-state index contributed by atoms with van der Waals surface area (Å²) in [7, 11) is 1.63. The largest absolute Gasteiger partial charge is 0.385 e. The zero-order chi connectivity index (χ0) is 14.7. The third-order valence-corrected chi connectivity index (χ3v) is 3.41. The lowest BCUT2D eigenvalue weighted by Crippen LogP contribution is -2.27. The molecule has 0 bridgehead atoms. The molecular weight excluding hydrogens is 326 g/mol. The second-order valence-corrected chi connectivity index (χ2v) is 5.02. The molecule has 108 valence electrons. The molecule has 2 heterocycles. The standard InChI is InChI=1S/C12H16BrN5O2/c1-7-17-10(13)9-11(14)16-6-8(18(7)9)12(19)15-4-3-5-20-2/h6H,3-5H2,1-2H3,(H2,14,16)(H,15,19). The number of aryl methyl sites for hydroxylation is 1. The fourth-order valence-corrected chi connectivity index (χ4v) is 2.57. The van der Waals surface area contributed by atoms with Crippen LogP contribution in [0.2, 0.25) is 0 Å². The van der Waals surface area contributed by atoms with Crippen molar-refractivity contribution in [3.8, 4) is 0 Å². The highest BCUT2D eigenvalue weighted by molar-refractivity contribution is 9.10. The predicted octanol–water partition coefficient (Wildman–Crippen LogP) is 1.15. The van der Waals surface area contributed by atoms with Crippen molar-refractivity contribution in [2.45, 2.75) is 13.3 Å². The van der Waals surface area contributed by atoms with Crippen LogP contribution in [0.5, 0.6) is 0 Å². The first kappa shape index (κ1) is 14.7. The van der Waals surface area contributed by atoms with E-state index in [2.05, 4.69) is 31.2 Å². The Kier molecular flexibility index (Phi) is 4.56. The molecule has 2 aromatic heterocycles. The number of fused-ring (bicyclic) bond motifs is 1. The van der Waals surface area contributed by atoms with E-state index in [0.29, 0.717) is 40.6 Å². The Morgan fingerprint density at radius 2 is 2.35 bits per heavy atom. The second kappa shape index (κ2) is 6.19. The maximum atomic E-state index is 12.2. The predicted molar refractivity (Wildman–Crippen MR) is 78.7 cm³/mol. The zero-order valence-corrected chi connectivity index (χ0v) is 12.9. The smallest absolute Gasteiger partial charge is 0.269 e. The third-order valence-electron chi connectivity index (χ3n) is 2.86. The summed E-state index contributed by atoms with van der Waals surface area (Å²) in [6.07, 6.45) is 2.20. The molecule has 8 heteroatoms. The minimum absolute atomic E-state index is 0.216. The monoisotopic (exact) mass is 341 g/mol. The zero-order valence-electron chi connectivity index (χ0n) is 11.3. The Morgan fingerprint density at radius 1 is 1.60 bits per heavy atom. The number of methoxy groups -OCH3 is 1. The summed E-state index contributed by atoms with van der Waals surface area (Å²) in [5, 5.41) is 2.82. The van der Waals surface area contributed by atoms with Gasteiger partial charge in [-0.3, -0.25) is 9.20 Å². The summed E-state index contributed by atoms with van der Waals surface area (Å²) in [6, 6.07) is 0. The number of ether oxygens (including phenoxy) is 1. The number of aromatic nitrogens is 3. The first-order valence-electron chi connectivity index (χ1n) is 6.12. The highest BCUT2D eigenvalue weighted by atomic mass is 79.9. The van der Waals surface area contributed by atoms with Crippen molar-refractivity contribution < 1.29 is 9.53 Å². The van der Waals surface area contributed by atoms with E-state index in [9.17, 15) is 4.79 Å². The third kappa shape index (κ3) is 2.75. The number of nitrogens with zero attached hydrogens (tertiary/aromatic N) is 3. The highest BCUT2D eigenvalue weighted by Crippen LogP contribution is 2.24. The summed E-state index contributed by atoms with van der Waals surface area (Å²) in [5.74, 6) is 0.781. The van der Waals surface area contributed by atoms with E-state index in [0.717, 1.165) is 6.42 Å². The molecule has 0 unspecified atom stereocenters. The lowest BCUT2D eigenvalue weighted by molar-refractivity contribution is 0.0941. The van der Waals surface area contributed by atoms with Gasteiger partial charge in [-0.25, -0.2) is 9.97 Å². The van der Waals surface area contributed by atoms with Gasteiger partial charge in [0.15, 0.2) is 5.82 Å². The van der Waals surface area contributed by atoms with Crippen LogP contribution in [-0.2, 0) is 4.74 Å². The quantitative estimate of drug-likeness (QED) is 0.795. The molecule has 0 spiro atoms. The van der Waals surface area contributed by atoms with Crippen LogP contribution in [0.25, 0.3) is 5.52 Å². The van der Waals surface area contributed by atoms with Crippen molar-refractivity contribution >= 4 is 33.2 Å². The first-order chi connectivity index (χ1) is 9.56. The first-order valence-corrected chi connectivity index (χ1v) is 6.91. The van der Waals surface area contributed by atoms with Gasteiger partial charge in [-0.15, -0.1) is 0 Å². The Balaban J connectivity index is 2.30. The van der Waals surface area contributed by atoms with Crippen molar-refractivity contribution in [2.24, 2.45) is 0 Å². The molecule has 20 heavy (non-hydrogen) atoms.